The van der Waals surface area contributed by atoms with E-state index in [1.807, 2.05) is 13.8 Å². The summed E-state index contributed by atoms with van der Waals surface area (Å²) in [6, 6.07) is 7.92. The maximum Gasteiger partial charge on any atom is 0.251 e. The van der Waals surface area contributed by atoms with Gasteiger partial charge in [0, 0.05) is 42.1 Å². The van der Waals surface area contributed by atoms with Crippen LogP contribution in [0.15, 0.2) is 42.7 Å². The smallest absolute Gasteiger partial charge is 0.251 e. The third kappa shape index (κ3) is 5.69. The van der Waals surface area contributed by atoms with Gasteiger partial charge in [0.25, 0.3) is 5.91 Å². The first-order chi connectivity index (χ1) is 14.5. The van der Waals surface area contributed by atoms with E-state index in [1.54, 1.807) is 42.7 Å². The van der Waals surface area contributed by atoms with Crippen molar-refractivity contribution in [3.63, 3.8) is 0 Å². The highest BCUT2D eigenvalue weighted by Gasteiger charge is 2.29. The minimum atomic E-state index is -0.589. The fourth-order valence-electron chi connectivity index (χ4n) is 3.50. The van der Waals surface area contributed by atoms with Crippen LogP contribution in [-0.2, 0) is 4.79 Å². The van der Waals surface area contributed by atoms with Gasteiger partial charge >= 0.3 is 0 Å². The van der Waals surface area contributed by atoms with Gasteiger partial charge in [0.2, 0.25) is 11.9 Å². The quantitative estimate of drug-likeness (QED) is 0.706. The van der Waals surface area contributed by atoms with Gasteiger partial charge in [0.1, 0.15) is 6.04 Å². The fourth-order valence-corrected chi connectivity index (χ4v) is 3.62. The van der Waals surface area contributed by atoms with Crippen LogP contribution in [0.1, 0.15) is 43.5 Å². The van der Waals surface area contributed by atoms with E-state index in [2.05, 4.69) is 25.5 Å². The second-order valence-corrected chi connectivity index (χ2v) is 8.10. The number of anilines is 1. The van der Waals surface area contributed by atoms with E-state index in [9.17, 15) is 9.59 Å². The zero-order chi connectivity index (χ0) is 21.5. The third-order valence-electron chi connectivity index (χ3n) is 5.56. The molecule has 1 aliphatic heterocycles. The van der Waals surface area contributed by atoms with Gasteiger partial charge in [-0.3, -0.25) is 9.59 Å². The van der Waals surface area contributed by atoms with Gasteiger partial charge < -0.3 is 15.5 Å². The van der Waals surface area contributed by atoms with E-state index in [-0.39, 0.29) is 23.8 Å². The number of nitrogens with zero attached hydrogens (tertiary/aromatic N) is 3. The lowest BCUT2D eigenvalue weighted by Gasteiger charge is -2.33. The van der Waals surface area contributed by atoms with Crippen LogP contribution in [0.5, 0.6) is 0 Å². The summed E-state index contributed by atoms with van der Waals surface area (Å²) in [5.41, 5.74) is 0.483. The monoisotopic (exact) mass is 429 g/mol. The second kappa shape index (κ2) is 10.4. The number of rotatable bonds is 7. The number of aromatic nitrogens is 2. The van der Waals surface area contributed by atoms with Crippen LogP contribution in [0.4, 0.5) is 5.95 Å². The molecule has 0 aliphatic carbocycles. The van der Waals surface area contributed by atoms with Crippen molar-refractivity contribution in [3.8, 4) is 0 Å². The number of halogens is 1. The molecule has 1 aliphatic rings. The first-order valence-corrected chi connectivity index (χ1v) is 10.7. The molecular weight excluding hydrogens is 402 g/mol. The standard InChI is InChI=1S/C22H28ClN5O2/c1-3-15(2)19(27-20(29)16-5-7-17(23)8-6-16)21(30)26-18-9-13-28(14-10-18)22-24-11-4-12-25-22/h4-8,11-12,15,18-19H,3,9-10,13-14H2,1-2H3,(H,26,30)(H,27,29). The summed E-state index contributed by atoms with van der Waals surface area (Å²) < 4.78 is 0. The number of hydrogen-bond donors (Lipinski definition) is 2. The molecule has 0 saturated carbocycles. The fraction of sp³-hybridized carbons (Fsp3) is 0.455. The van der Waals surface area contributed by atoms with Crippen LogP contribution < -0.4 is 15.5 Å². The van der Waals surface area contributed by atoms with E-state index in [0.29, 0.717) is 10.6 Å². The lowest BCUT2D eigenvalue weighted by molar-refractivity contribution is -0.125. The minimum Gasteiger partial charge on any atom is -0.351 e. The predicted molar refractivity (Wildman–Crippen MR) is 118 cm³/mol. The molecule has 0 radical (unpaired) electrons. The Morgan fingerprint density at radius 1 is 1.17 bits per heavy atom. The summed E-state index contributed by atoms with van der Waals surface area (Å²) in [6.07, 6.45) is 5.86. The molecule has 2 aromatic rings. The van der Waals surface area contributed by atoms with Gasteiger partial charge in [-0.25, -0.2) is 9.97 Å². The van der Waals surface area contributed by atoms with Gasteiger partial charge in [-0.15, -0.1) is 0 Å². The third-order valence-corrected chi connectivity index (χ3v) is 5.82. The molecule has 0 spiro atoms. The highest BCUT2D eigenvalue weighted by atomic mass is 35.5. The zero-order valence-electron chi connectivity index (χ0n) is 17.3. The van der Waals surface area contributed by atoms with Gasteiger partial charge in [-0.2, -0.15) is 0 Å². The lowest BCUT2D eigenvalue weighted by atomic mass is 9.96. The maximum atomic E-state index is 13.0. The molecule has 160 valence electrons. The number of hydrogen-bond acceptors (Lipinski definition) is 5. The second-order valence-electron chi connectivity index (χ2n) is 7.66. The first kappa shape index (κ1) is 22.0. The molecule has 1 aromatic carbocycles. The van der Waals surface area contributed by atoms with Crippen molar-refractivity contribution in [2.75, 3.05) is 18.0 Å². The first-order valence-electron chi connectivity index (χ1n) is 10.4. The number of piperidine rings is 1. The Bertz CT molecular complexity index is 838. The van der Waals surface area contributed by atoms with Gasteiger partial charge in [0.05, 0.1) is 0 Å². The highest BCUT2D eigenvalue weighted by Crippen LogP contribution is 2.17. The van der Waals surface area contributed by atoms with E-state index in [4.69, 9.17) is 11.6 Å². The van der Waals surface area contributed by atoms with E-state index < -0.39 is 6.04 Å². The van der Waals surface area contributed by atoms with Crippen LogP contribution in [0.25, 0.3) is 0 Å². The molecule has 0 bridgehead atoms. The van der Waals surface area contributed by atoms with Crippen molar-refractivity contribution in [2.45, 2.75) is 45.2 Å². The molecule has 2 amide bonds. The molecule has 7 nitrogen and oxygen atoms in total. The van der Waals surface area contributed by atoms with Crippen molar-refractivity contribution in [2.24, 2.45) is 5.92 Å². The molecule has 2 N–H and O–H groups in total. The van der Waals surface area contributed by atoms with Crippen LogP contribution in [0.3, 0.4) is 0 Å². The number of benzene rings is 1. The molecule has 30 heavy (non-hydrogen) atoms. The topological polar surface area (TPSA) is 87.2 Å². The number of amides is 2. The molecule has 2 atom stereocenters. The molecule has 1 fully saturated rings. The molecular formula is C22H28ClN5O2. The van der Waals surface area contributed by atoms with Gasteiger partial charge in [-0.1, -0.05) is 31.9 Å². The average Bonchev–Trinajstić information content (AvgIpc) is 2.78. The van der Waals surface area contributed by atoms with Crippen LogP contribution >= 0.6 is 11.6 Å². The molecule has 3 rings (SSSR count). The zero-order valence-corrected chi connectivity index (χ0v) is 18.1. The predicted octanol–water partition coefficient (Wildman–Crippen LogP) is 3.06. The summed E-state index contributed by atoms with van der Waals surface area (Å²) in [4.78, 5) is 36.3. The molecule has 1 saturated heterocycles. The molecule has 8 heteroatoms. The van der Waals surface area contributed by atoms with Crippen molar-refractivity contribution in [3.05, 3.63) is 53.3 Å². The van der Waals surface area contributed by atoms with Crippen molar-refractivity contribution < 1.29 is 9.59 Å². The van der Waals surface area contributed by atoms with Gasteiger partial charge in [-0.05, 0) is 49.1 Å². The van der Waals surface area contributed by atoms with Crippen molar-refractivity contribution in [1.29, 1.82) is 0 Å². The summed E-state index contributed by atoms with van der Waals surface area (Å²) in [5.74, 6) is 0.318. The molecule has 1 aromatic heterocycles. The van der Waals surface area contributed by atoms with E-state index >= 15 is 0 Å². The maximum absolute atomic E-state index is 13.0. The minimum absolute atomic E-state index is 0.0130. The van der Waals surface area contributed by atoms with Crippen LogP contribution in [-0.4, -0.2) is 47.0 Å². The number of carbonyl (C=O) groups excluding carboxylic acids is 2. The van der Waals surface area contributed by atoms with Gasteiger partial charge in [0.15, 0.2) is 0 Å². The Labute approximate surface area is 182 Å². The average molecular weight is 430 g/mol. The summed E-state index contributed by atoms with van der Waals surface area (Å²) in [6.45, 7) is 5.54. The molecule has 2 unspecified atom stereocenters. The summed E-state index contributed by atoms with van der Waals surface area (Å²) in [5, 5.41) is 6.60. The van der Waals surface area contributed by atoms with Crippen molar-refractivity contribution in [1.82, 2.24) is 20.6 Å². The summed E-state index contributed by atoms with van der Waals surface area (Å²) >= 11 is 5.90. The van der Waals surface area contributed by atoms with Crippen LogP contribution in [0.2, 0.25) is 5.02 Å². The largest absolute Gasteiger partial charge is 0.351 e. The summed E-state index contributed by atoms with van der Waals surface area (Å²) in [7, 11) is 0. The van der Waals surface area contributed by atoms with Crippen LogP contribution in [0, 0.1) is 5.92 Å². The SMILES string of the molecule is CCC(C)C(NC(=O)c1ccc(Cl)cc1)C(=O)NC1CCN(c2ncccn2)CC1. The Hall–Kier alpha value is -2.67. The number of carbonyl (C=O) groups is 2. The normalized spacial score (nSPS) is 16.6. The number of nitrogens with one attached hydrogen (secondary N) is 2. The Balaban J connectivity index is 1.58. The Morgan fingerprint density at radius 3 is 2.40 bits per heavy atom. The highest BCUT2D eigenvalue weighted by molar-refractivity contribution is 6.30. The Morgan fingerprint density at radius 2 is 1.80 bits per heavy atom. The Kier molecular flexibility index (Phi) is 7.63. The molecule has 2 heterocycles. The van der Waals surface area contributed by atoms with Crippen molar-refractivity contribution >= 4 is 29.4 Å². The lowest BCUT2D eigenvalue weighted by Crippen LogP contribution is -2.54. The van der Waals surface area contributed by atoms with E-state index in [1.165, 1.54) is 0 Å². The van der Waals surface area contributed by atoms with E-state index in [0.717, 1.165) is 38.3 Å².